The maximum Gasteiger partial charge on any atom is 0.318 e. The molecule has 1 rings (SSSR count). The van der Waals surface area contributed by atoms with E-state index >= 15 is 0 Å². The molecule has 0 saturated carbocycles. The van der Waals surface area contributed by atoms with E-state index in [0.29, 0.717) is 6.54 Å². The van der Waals surface area contributed by atoms with Crippen LogP contribution in [-0.4, -0.2) is 66.8 Å². The maximum absolute atomic E-state index is 12.1. The van der Waals surface area contributed by atoms with Crippen molar-refractivity contribution in [3.05, 3.63) is 0 Å². The number of carboxylic acid groups (broad SMARTS) is 1. The van der Waals surface area contributed by atoms with Gasteiger partial charge in [-0.05, 0) is 13.8 Å². The van der Waals surface area contributed by atoms with E-state index in [2.05, 4.69) is 10.6 Å². The largest absolute Gasteiger partial charge is 0.481 e. The molecule has 8 nitrogen and oxygen atoms in total. The first-order valence-corrected chi connectivity index (χ1v) is 6.51. The van der Waals surface area contributed by atoms with Crippen LogP contribution in [0.3, 0.4) is 0 Å². The highest BCUT2D eigenvalue weighted by Gasteiger charge is 2.39. The molecule has 20 heavy (non-hydrogen) atoms. The molecule has 0 radical (unpaired) electrons. The van der Waals surface area contributed by atoms with Crippen molar-refractivity contribution >= 4 is 17.9 Å². The Hall–Kier alpha value is -1.83. The fourth-order valence-electron chi connectivity index (χ4n) is 2.16. The van der Waals surface area contributed by atoms with Crippen LogP contribution in [0.5, 0.6) is 0 Å². The van der Waals surface area contributed by atoms with Crippen molar-refractivity contribution in [2.24, 2.45) is 5.92 Å². The van der Waals surface area contributed by atoms with Gasteiger partial charge in [0, 0.05) is 13.6 Å². The summed E-state index contributed by atoms with van der Waals surface area (Å²) in [5, 5.41) is 14.1. The Kier molecular flexibility index (Phi) is 5.75. The zero-order valence-electron chi connectivity index (χ0n) is 11.9. The van der Waals surface area contributed by atoms with Gasteiger partial charge in [0.2, 0.25) is 5.91 Å². The van der Waals surface area contributed by atoms with Crippen LogP contribution < -0.4 is 10.6 Å². The molecule has 0 aromatic heterocycles. The summed E-state index contributed by atoms with van der Waals surface area (Å²) in [6, 6.07) is -1.67. The quantitative estimate of drug-likeness (QED) is 0.617. The van der Waals surface area contributed by atoms with Crippen molar-refractivity contribution < 1.29 is 24.2 Å². The molecule has 1 fully saturated rings. The maximum atomic E-state index is 12.1. The molecule has 1 aliphatic heterocycles. The van der Waals surface area contributed by atoms with E-state index in [0.717, 1.165) is 0 Å². The number of carbonyl (C=O) groups is 3. The summed E-state index contributed by atoms with van der Waals surface area (Å²) >= 11 is 0. The summed E-state index contributed by atoms with van der Waals surface area (Å²) < 4.78 is 5.16. The minimum atomic E-state index is -0.988. The molecule has 0 aromatic rings. The molecule has 0 spiro atoms. The topological polar surface area (TPSA) is 108 Å². The van der Waals surface area contributed by atoms with E-state index < -0.39 is 30.0 Å². The van der Waals surface area contributed by atoms with E-state index in [1.165, 1.54) is 11.9 Å². The average molecular weight is 287 g/mol. The monoisotopic (exact) mass is 287 g/mol. The third-order valence-electron chi connectivity index (χ3n) is 3.35. The van der Waals surface area contributed by atoms with Crippen LogP contribution in [0.4, 0.5) is 4.79 Å². The van der Waals surface area contributed by atoms with Crippen LogP contribution in [0.15, 0.2) is 0 Å². The second kappa shape index (κ2) is 7.09. The van der Waals surface area contributed by atoms with Crippen LogP contribution in [0.2, 0.25) is 0 Å². The summed E-state index contributed by atoms with van der Waals surface area (Å²) in [6.07, 6.45) is 0. The van der Waals surface area contributed by atoms with Gasteiger partial charge < -0.3 is 25.4 Å². The second-order valence-electron chi connectivity index (χ2n) is 4.62. The lowest BCUT2D eigenvalue weighted by Gasteiger charge is -2.30. The first-order chi connectivity index (χ1) is 9.42. The highest BCUT2D eigenvalue weighted by atomic mass is 16.5. The van der Waals surface area contributed by atoms with Crippen molar-refractivity contribution in [1.82, 2.24) is 15.5 Å². The Morgan fingerprint density at radius 2 is 2.05 bits per heavy atom. The molecule has 1 heterocycles. The number of likely N-dealkylation sites (N-methyl/N-ethyl adjacent to an activating group) is 2. The Morgan fingerprint density at radius 1 is 1.40 bits per heavy atom. The average Bonchev–Trinajstić information content (AvgIpc) is 2.87. The number of rotatable bonds is 5. The fourth-order valence-corrected chi connectivity index (χ4v) is 2.16. The summed E-state index contributed by atoms with van der Waals surface area (Å²) in [4.78, 5) is 36.1. The molecule has 114 valence electrons. The third-order valence-corrected chi connectivity index (χ3v) is 3.35. The van der Waals surface area contributed by atoms with E-state index in [-0.39, 0.29) is 19.1 Å². The van der Waals surface area contributed by atoms with E-state index in [1.807, 2.05) is 0 Å². The molecule has 0 aliphatic carbocycles. The van der Waals surface area contributed by atoms with Gasteiger partial charge >= 0.3 is 12.0 Å². The van der Waals surface area contributed by atoms with Gasteiger partial charge in [0.1, 0.15) is 12.0 Å². The van der Waals surface area contributed by atoms with Gasteiger partial charge in [-0.15, -0.1) is 0 Å². The summed E-state index contributed by atoms with van der Waals surface area (Å²) in [5.74, 6) is -2.04. The van der Waals surface area contributed by atoms with Crippen molar-refractivity contribution in [3.63, 3.8) is 0 Å². The molecular formula is C12H21N3O5. The smallest absolute Gasteiger partial charge is 0.318 e. The number of carboxylic acids is 1. The molecular weight excluding hydrogens is 266 g/mol. The van der Waals surface area contributed by atoms with E-state index in [4.69, 9.17) is 9.84 Å². The summed E-state index contributed by atoms with van der Waals surface area (Å²) in [6.45, 7) is 3.93. The van der Waals surface area contributed by atoms with Gasteiger partial charge in [-0.25, -0.2) is 4.79 Å². The van der Waals surface area contributed by atoms with Crippen LogP contribution in [0, 0.1) is 5.92 Å². The zero-order chi connectivity index (χ0) is 15.3. The minimum absolute atomic E-state index is 0.0920. The van der Waals surface area contributed by atoms with Crippen LogP contribution in [-0.2, 0) is 14.3 Å². The number of hydrogen-bond donors (Lipinski definition) is 3. The number of hydrogen-bond acceptors (Lipinski definition) is 4. The Balaban J connectivity index is 2.72. The molecule has 3 unspecified atom stereocenters. The van der Waals surface area contributed by atoms with Gasteiger partial charge in [0.15, 0.2) is 0 Å². The fraction of sp³-hybridized carbons (Fsp3) is 0.750. The Morgan fingerprint density at radius 3 is 2.55 bits per heavy atom. The van der Waals surface area contributed by atoms with Crippen molar-refractivity contribution in [3.8, 4) is 0 Å². The highest BCUT2D eigenvalue weighted by Crippen LogP contribution is 2.20. The molecule has 1 aliphatic rings. The molecule has 1 saturated heterocycles. The lowest BCUT2D eigenvalue weighted by molar-refractivity contribution is -0.142. The number of amides is 3. The Labute approximate surface area is 117 Å². The van der Waals surface area contributed by atoms with Crippen molar-refractivity contribution in [2.45, 2.75) is 25.9 Å². The lowest BCUT2D eigenvalue weighted by Crippen LogP contribution is -2.54. The molecule has 8 heteroatoms. The highest BCUT2D eigenvalue weighted by molar-refractivity contribution is 5.86. The zero-order valence-corrected chi connectivity index (χ0v) is 11.9. The van der Waals surface area contributed by atoms with Gasteiger partial charge in [-0.3, -0.25) is 9.59 Å². The lowest BCUT2D eigenvalue weighted by atomic mass is 10.0. The first kappa shape index (κ1) is 16.2. The minimum Gasteiger partial charge on any atom is -0.481 e. The number of urea groups is 1. The predicted molar refractivity (Wildman–Crippen MR) is 70.2 cm³/mol. The van der Waals surface area contributed by atoms with Crippen molar-refractivity contribution in [2.75, 3.05) is 26.8 Å². The second-order valence-corrected chi connectivity index (χ2v) is 4.62. The molecule has 3 atom stereocenters. The first-order valence-electron chi connectivity index (χ1n) is 6.51. The standard InChI is InChI=1S/C12H21N3O5/c1-4-15(9-6-20-5-8(9)11(17)18)12(19)14-7(2)10(16)13-3/h7-9H,4-6H2,1-3H3,(H,13,16)(H,14,19)(H,17,18). The summed E-state index contributed by atoms with van der Waals surface area (Å²) in [7, 11) is 1.48. The number of ether oxygens (including phenoxy) is 1. The predicted octanol–water partition coefficient (Wildman–Crippen LogP) is -0.748. The normalized spacial score (nSPS) is 22.9. The van der Waals surface area contributed by atoms with Crippen molar-refractivity contribution in [1.29, 1.82) is 0 Å². The van der Waals surface area contributed by atoms with E-state index in [1.54, 1.807) is 13.8 Å². The van der Waals surface area contributed by atoms with Gasteiger partial charge in [0.05, 0.1) is 19.3 Å². The molecule has 0 aromatic carbocycles. The number of aliphatic carboxylic acids is 1. The number of carbonyl (C=O) groups excluding carboxylic acids is 2. The molecule has 3 N–H and O–H groups in total. The van der Waals surface area contributed by atoms with Crippen LogP contribution >= 0.6 is 0 Å². The Bertz CT molecular complexity index is 387. The molecule has 0 bridgehead atoms. The van der Waals surface area contributed by atoms with Gasteiger partial charge in [0.25, 0.3) is 0 Å². The van der Waals surface area contributed by atoms with Gasteiger partial charge in [-0.1, -0.05) is 0 Å². The van der Waals surface area contributed by atoms with Crippen LogP contribution in [0.25, 0.3) is 0 Å². The van der Waals surface area contributed by atoms with Crippen LogP contribution in [0.1, 0.15) is 13.8 Å². The molecule has 3 amide bonds. The summed E-state index contributed by atoms with van der Waals surface area (Å²) in [5.41, 5.74) is 0. The third kappa shape index (κ3) is 3.60. The van der Waals surface area contributed by atoms with Gasteiger partial charge in [-0.2, -0.15) is 0 Å². The number of nitrogens with one attached hydrogen (secondary N) is 2. The SMILES string of the molecule is CCN(C(=O)NC(C)C(=O)NC)C1COCC1C(=O)O. The number of nitrogens with zero attached hydrogens (tertiary/aromatic N) is 1. The van der Waals surface area contributed by atoms with E-state index in [9.17, 15) is 14.4 Å².